The van der Waals surface area contributed by atoms with E-state index in [1.165, 1.54) is 5.56 Å². The van der Waals surface area contributed by atoms with Crippen molar-refractivity contribution in [3.8, 4) is 11.6 Å². The standard InChI is InChI=1S/C24H18ClN3O/c25-18-10-12-19(13-11-18)28-24(29-15-14-17-6-2-1-3-7-17)21-16-26-22-9-5-4-8-20(22)23(21)27-28/h1-13,16H,14-15H2. The monoisotopic (exact) mass is 399 g/mol. The van der Waals surface area contributed by atoms with Crippen LogP contribution in [0, 0.1) is 0 Å². The average molecular weight is 400 g/mol. The molecular weight excluding hydrogens is 382 g/mol. The molecule has 0 atom stereocenters. The minimum Gasteiger partial charge on any atom is -0.477 e. The molecule has 3 aromatic carbocycles. The molecular formula is C24H18ClN3O. The van der Waals surface area contributed by atoms with E-state index < -0.39 is 0 Å². The molecule has 0 aliphatic heterocycles. The van der Waals surface area contributed by atoms with Crippen molar-refractivity contribution in [2.45, 2.75) is 6.42 Å². The van der Waals surface area contributed by atoms with Gasteiger partial charge in [-0.15, -0.1) is 0 Å². The second-order valence-corrected chi connectivity index (χ2v) is 7.25. The number of para-hydroxylation sites is 1. The van der Waals surface area contributed by atoms with E-state index >= 15 is 0 Å². The van der Waals surface area contributed by atoms with Gasteiger partial charge in [-0.25, -0.2) is 0 Å². The maximum Gasteiger partial charge on any atom is 0.226 e. The summed E-state index contributed by atoms with van der Waals surface area (Å²) < 4.78 is 8.09. The van der Waals surface area contributed by atoms with Crippen LogP contribution in [0.1, 0.15) is 5.56 Å². The fourth-order valence-corrected chi connectivity index (χ4v) is 3.58. The summed E-state index contributed by atoms with van der Waals surface area (Å²) >= 11 is 6.08. The number of nitrogens with zero attached hydrogens (tertiary/aromatic N) is 3. The van der Waals surface area contributed by atoms with Gasteiger partial charge in [0.15, 0.2) is 0 Å². The van der Waals surface area contributed by atoms with Gasteiger partial charge in [-0.05, 0) is 35.9 Å². The van der Waals surface area contributed by atoms with Gasteiger partial charge in [-0.1, -0.05) is 60.1 Å². The molecule has 0 amide bonds. The molecule has 0 radical (unpaired) electrons. The smallest absolute Gasteiger partial charge is 0.226 e. The number of fused-ring (bicyclic) bond motifs is 3. The van der Waals surface area contributed by atoms with Crippen LogP contribution < -0.4 is 4.74 Å². The van der Waals surface area contributed by atoms with Crippen LogP contribution in [0.5, 0.6) is 5.88 Å². The highest BCUT2D eigenvalue weighted by Gasteiger charge is 2.17. The normalized spacial score (nSPS) is 11.2. The maximum atomic E-state index is 6.26. The van der Waals surface area contributed by atoms with Gasteiger partial charge in [0.05, 0.1) is 23.2 Å². The molecule has 2 aromatic heterocycles. The van der Waals surface area contributed by atoms with Crippen LogP contribution in [0.4, 0.5) is 0 Å². The van der Waals surface area contributed by atoms with Gasteiger partial charge in [-0.3, -0.25) is 4.98 Å². The molecule has 0 saturated carbocycles. The third kappa shape index (κ3) is 3.43. The van der Waals surface area contributed by atoms with Crippen LogP contribution in [-0.4, -0.2) is 21.4 Å². The Labute approximate surface area is 173 Å². The Morgan fingerprint density at radius 3 is 2.41 bits per heavy atom. The summed E-state index contributed by atoms with van der Waals surface area (Å²) in [5.74, 6) is 0.691. The van der Waals surface area contributed by atoms with Crippen molar-refractivity contribution in [2.75, 3.05) is 6.61 Å². The summed E-state index contributed by atoms with van der Waals surface area (Å²) in [6.07, 6.45) is 2.66. The van der Waals surface area contributed by atoms with E-state index in [1.54, 1.807) is 0 Å². The van der Waals surface area contributed by atoms with Gasteiger partial charge in [0.25, 0.3) is 0 Å². The third-order valence-electron chi connectivity index (χ3n) is 4.91. The lowest BCUT2D eigenvalue weighted by Gasteiger charge is -2.10. The molecule has 5 rings (SSSR count). The Bertz CT molecular complexity index is 1280. The van der Waals surface area contributed by atoms with Crippen LogP contribution in [0.25, 0.3) is 27.5 Å². The van der Waals surface area contributed by atoms with Crippen LogP contribution >= 0.6 is 11.6 Å². The topological polar surface area (TPSA) is 39.9 Å². The Hall–Kier alpha value is -3.37. The van der Waals surface area contributed by atoms with E-state index in [0.717, 1.165) is 33.9 Å². The highest BCUT2D eigenvalue weighted by Crippen LogP contribution is 2.32. The lowest BCUT2D eigenvalue weighted by molar-refractivity contribution is 0.303. The van der Waals surface area contributed by atoms with Crippen molar-refractivity contribution in [1.29, 1.82) is 0 Å². The maximum absolute atomic E-state index is 6.26. The Kier molecular flexibility index (Phi) is 4.62. The minimum atomic E-state index is 0.547. The molecule has 0 unspecified atom stereocenters. The van der Waals surface area contributed by atoms with Crippen molar-refractivity contribution in [3.05, 3.63) is 95.6 Å². The van der Waals surface area contributed by atoms with E-state index in [-0.39, 0.29) is 0 Å². The highest BCUT2D eigenvalue weighted by atomic mass is 35.5. The fraction of sp³-hybridized carbons (Fsp3) is 0.0833. The zero-order valence-corrected chi connectivity index (χ0v) is 16.4. The number of rotatable bonds is 5. The van der Waals surface area contributed by atoms with Crippen LogP contribution in [0.2, 0.25) is 5.02 Å². The van der Waals surface area contributed by atoms with Gasteiger partial charge in [0.2, 0.25) is 5.88 Å². The van der Waals surface area contributed by atoms with Gasteiger partial charge < -0.3 is 4.74 Å². The average Bonchev–Trinajstić information content (AvgIpc) is 3.14. The molecule has 5 heteroatoms. The first-order valence-corrected chi connectivity index (χ1v) is 9.86. The number of pyridine rings is 1. The van der Waals surface area contributed by atoms with Crippen LogP contribution in [0.3, 0.4) is 0 Å². The third-order valence-corrected chi connectivity index (χ3v) is 5.17. The quantitative estimate of drug-likeness (QED) is 0.372. The number of hydrogen-bond donors (Lipinski definition) is 0. The van der Waals surface area contributed by atoms with Crippen molar-refractivity contribution < 1.29 is 4.74 Å². The lowest BCUT2D eigenvalue weighted by Crippen LogP contribution is -2.06. The fourth-order valence-electron chi connectivity index (χ4n) is 3.46. The largest absolute Gasteiger partial charge is 0.477 e. The second kappa shape index (κ2) is 7.57. The first kappa shape index (κ1) is 17.7. The van der Waals surface area contributed by atoms with Crippen molar-refractivity contribution in [1.82, 2.24) is 14.8 Å². The number of ether oxygens (including phenoxy) is 1. The van der Waals surface area contributed by atoms with Gasteiger partial charge in [-0.2, -0.15) is 9.78 Å². The van der Waals surface area contributed by atoms with Crippen molar-refractivity contribution in [2.24, 2.45) is 0 Å². The number of benzene rings is 3. The minimum absolute atomic E-state index is 0.547. The van der Waals surface area contributed by atoms with E-state index in [2.05, 4.69) is 17.1 Å². The summed E-state index contributed by atoms with van der Waals surface area (Å²) in [6, 6.07) is 25.9. The van der Waals surface area contributed by atoms with Crippen LogP contribution in [0.15, 0.2) is 85.1 Å². The Morgan fingerprint density at radius 2 is 1.59 bits per heavy atom. The lowest BCUT2D eigenvalue weighted by atomic mass is 10.1. The Balaban J connectivity index is 1.59. The summed E-state index contributed by atoms with van der Waals surface area (Å²) in [6.45, 7) is 0.547. The molecule has 29 heavy (non-hydrogen) atoms. The molecule has 0 fully saturated rings. The van der Waals surface area contributed by atoms with E-state index in [1.807, 2.05) is 77.6 Å². The predicted octanol–water partition coefficient (Wildman–Crippen LogP) is 5.85. The summed E-state index contributed by atoms with van der Waals surface area (Å²) in [4.78, 5) is 4.60. The molecule has 4 nitrogen and oxygen atoms in total. The SMILES string of the molecule is Clc1ccc(-n2nc3c(cnc4ccccc43)c2OCCc2ccccc2)cc1. The molecule has 0 aliphatic rings. The van der Waals surface area contributed by atoms with Crippen molar-refractivity contribution in [3.63, 3.8) is 0 Å². The number of hydrogen-bond acceptors (Lipinski definition) is 3. The zero-order chi connectivity index (χ0) is 19.6. The number of aromatic nitrogens is 3. The van der Waals surface area contributed by atoms with E-state index in [9.17, 15) is 0 Å². The van der Waals surface area contributed by atoms with Gasteiger partial charge in [0, 0.05) is 23.0 Å². The Morgan fingerprint density at radius 1 is 0.828 bits per heavy atom. The molecule has 0 saturated heterocycles. The van der Waals surface area contributed by atoms with E-state index in [4.69, 9.17) is 21.4 Å². The number of halogens is 1. The van der Waals surface area contributed by atoms with Gasteiger partial charge >= 0.3 is 0 Å². The molecule has 0 aliphatic carbocycles. The molecule has 0 spiro atoms. The summed E-state index contributed by atoms with van der Waals surface area (Å²) in [7, 11) is 0. The first-order chi connectivity index (χ1) is 14.3. The van der Waals surface area contributed by atoms with Crippen molar-refractivity contribution >= 4 is 33.4 Å². The second-order valence-electron chi connectivity index (χ2n) is 6.82. The highest BCUT2D eigenvalue weighted by molar-refractivity contribution is 6.30. The molecule has 0 N–H and O–H groups in total. The summed E-state index contributed by atoms with van der Waals surface area (Å²) in [5.41, 5.74) is 3.92. The summed E-state index contributed by atoms with van der Waals surface area (Å²) in [5, 5.41) is 7.46. The molecule has 2 heterocycles. The van der Waals surface area contributed by atoms with E-state index in [0.29, 0.717) is 17.5 Å². The van der Waals surface area contributed by atoms with Crippen LogP contribution in [-0.2, 0) is 6.42 Å². The van der Waals surface area contributed by atoms with Gasteiger partial charge in [0.1, 0.15) is 5.52 Å². The zero-order valence-electron chi connectivity index (χ0n) is 15.6. The first-order valence-electron chi connectivity index (χ1n) is 9.49. The predicted molar refractivity (Wildman–Crippen MR) is 117 cm³/mol. The molecule has 5 aromatic rings. The molecule has 142 valence electrons. The molecule has 0 bridgehead atoms.